The molecule has 0 saturated heterocycles. The third-order valence-corrected chi connectivity index (χ3v) is 6.76. The topological polar surface area (TPSA) is 9.23 Å². The lowest BCUT2D eigenvalue weighted by atomic mass is 9.90. The Kier molecular flexibility index (Phi) is 6.01. The third-order valence-electron chi connectivity index (χ3n) is 3.52. The molecule has 1 rings (SSSR count). The van der Waals surface area contributed by atoms with Gasteiger partial charge in [0.25, 0.3) is 0 Å². The highest BCUT2D eigenvalue weighted by molar-refractivity contribution is 6.55. The second-order valence-electron chi connectivity index (χ2n) is 5.72. The first kappa shape index (κ1) is 14.5. The summed E-state index contributed by atoms with van der Waals surface area (Å²) in [6, 6.07) is 0. The molecule has 1 aliphatic rings. The minimum Gasteiger partial charge on any atom is -0.406 e. The van der Waals surface area contributed by atoms with Gasteiger partial charge in [-0.15, -0.1) is 6.42 Å². The average molecular weight is 250 g/mol. The van der Waals surface area contributed by atoms with Gasteiger partial charge < -0.3 is 4.43 Å². The SMILES string of the molecule is C#CC(O[SiH](C(C)C)C(C)C)C1CC=CCC1. The summed E-state index contributed by atoms with van der Waals surface area (Å²) >= 11 is 0. The molecule has 0 fully saturated rings. The van der Waals surface area contributed by atoms with Crippen molar-refractivity contribution in [3.8, 4) is 12.3 Å². The smallest absolute Gasteiger partial charge is 0.183 e. The molecule has 0 bridgehead atoms. The van der Waals surface area contributed by atoms with Crippen molar-refractivity contribution in [1.29, 1.82) is 0 Å². The Labute approximate surface area is 108 Å². The van der Waals surface area contributed by atoms with E-state index in [0.29, 0.717) is 17.0 Å². The third kappa shape index (κ3) is 4.33. The molecule has 1 aliphatic carbocycles. The van der Waals surface area contributed by atoms with E-state index in [1.54, 1.807) is 0 Å². The van der Waals surface area contributed by atoms with Gasteiger partial charge in [0.15, 0.2) is 9.04 Å². The van der Waals surface area contributed by atoms with E-state index in [9.17, 15) is 0 Å². The molecule has 0 saturated carbocycles. The Morgan fingerprint density at radius 3 is 2.29 bits per heavy atom. The van der Waals surface area contributed by atoms with E-state index >= 15 is 0 Å². The summed E-state index contributed by atoms with van der Waals surface area (Å²) in [5.41, 5.74) is 1.31. The summed E-state index contributed by atoms with van der Waals surface area (Å²) in [5, 5.41) is 0. The fourth-order valence-corrected chi connectivity index (χ4v) is 5.44. The van der Waals surface area contributed by atoms with Gasteiger partial charge in [0.05, 0.1) is 0 Å². The first-order chi connectivity index (χ1) is 8.06. The highest BCUT2D eigenvalue weighted by Crippen LogP contribution is 2.28. The van der Waals surface area contributed by atoms with Gasteiger partial charge in [-0.1, -0.05) is 45.8 Å². The molecule has 96 valence electrons. The fraction of sp³-hybridized carbons (Fsp3) is 0.733. The summed E-state index contributed by atoms with van der Waals surface area (Å²) in [5.74, 6) is 3.43. The lowest BCUT2D eigenvalue weighted by Crippen LogP contribution is -2.34. The molecule has 0 heterocycles. The Morgan fingerprint density at radius 1 is 1.24 bits per heavy atom. The Morgan fingerprint density at radius 2 is 1.88 bits per heavy atom. The molecule has 2 heteroatoms. The molecule has 0 aromatic carbocycles. The zero-order valence-electron chi connectivity index (χ0n) is 11.6. The molecule has 0 amide bonds. The van der Waals surface area contributed by atoms with E-state index in [4.69, 9.17) is 10.8 Å². The van der Waals surface area contributed by atoms with Gasteiger partial charge in [-0.3, -0.25) is 0 Å². The summed E-state index contributed by atoms with van der Waals surface area (Å²) in [6.07, 6.45) is 13.7. The zero-order chi connectivity index (χ0) is 12.8. The second kappa shape index (κ2) is 7.03. The molecule has 0 aliphatic heterocycles. The molecule has 0 spiro atoms. The van der Waals surface area contributed by atoms with Gasteiger partial charge in [-0.2, -0.15) is 0 Å². The molecule has 0 aromatic rings. The first-order valence-corrected chi connectivity index (χ1v) is 8.63. The average Bonchev–Trinajstić information content (AvgIpc) is 2.30. The van der Waals surface area contributed by atoms with Crippen LogP contribution in [0.3, 0.4) is 0 Å². The molecule has 0 N–H and O–H groups in total. The quantitative estimate of drug-likeness (QED) is 0.408. The lowest BCUT2D eigenvalue weighted by Gasteiger charge is -2.31. The number of hydrogen-bond acceptors (Lipinski definition) is 1. The zero-order valence-corrected chi connectivity index (χ0v) is 12.8. The maximum Gasteiger partial charge on any atom is 0.183 e. The number of terminal acetylenes is 1. The van der Waals surface area contributed by atoms with E-state index in [2.05, 4.69) is 45.8 Å². The highest BCUT2D eigenvalue weighted by atomic mass is 28.3. The van der Waals surface area contributed by atoms with Crippen molar-refractivity contribution >= 4 is 9.04 Å². The van der Waals surface area contributed by atoms with E-state index in [-0.39, 0.29) is 6.10 Å². The van der Waals surface area contributed by atoms with Crippen molar-refractivity contribution < 1.29 is 4.43 Å². The molecule has 2 unspecified atom stereocenters. The maximum atomic E-state index is 6.33. The number of hydrogen-bond donors (Lipinski definition) is 0. The van der Waals surface area contributed by atoms with Crippen molar-refractivity contribution in [2.24, 2.45) is 5.92 Å². The van der Waals surface area contributed by atoms with Crippen LogP contribution in [-0.4, -0.2) is 15.1 Å². The predicted molar refractivity (Wildman–Crippen MR) is 77.5 cm³/mol. The second-order valence-corrected chi connectivity index (χ2v) is 9.59. The van der Waals surface area contributed by atoms with E-state index in [0.717, 1.165) is 12.8 Å². The van der Waals surface area contributed by atoms with Crippen LogP contribution < -0.4 is 0 Å². The summed E-state index contributed by atoms with van der Waals surface area (Å²) in [6.45, 7) is 9.08. The van der Waals surface area contributed by atoms with Crippen LogP contribution in [0.4, 0.5) is 0 Å². The summed E-state index contributed by atoms with van der Waals surface area (Å²) < 4.78 is 6.33. The molecular formula is C15H26OSi. The molecule has 0 radical (unpaired) electrons. The van der Waals surface area contributed by atoms with Crippen molar-refractivity contribution in [1.82, 2.24) is 0 Å². The van der Waals surface area contributed by atoms with Gasteiger partial charge in [0, 0.05) is 0 Å². The number of rotatable bonds is 5. The fourth-order valence-electron chi connectivity index (χ4n) is 2.63. The Balaban J connectivity index is 2.62. The van der Waals surface area contributed by atoms with E-state index in [1.165, 1.54) is 6.42 Å². The standard InChI is InChI=1S/C15H26OSi/c1-6-15(14-10-8-7-9-11-14)16-17(12(2)3)13(4)5/h1,7-8,12-15,17H,9-11H2,2-5H3. The van der Waals surface area contributed by atoms with Crippen molar-refractivity contribution in [3.05, 3.63) is 12.2 Å². The van der Waals surface area contributed by atoms with Crippen LogP contribution in [0.15, 0.2) is 12.2 Å². The van der Waals surface area contributed by atoms with E-state index in [1.807, 2.05) is 0 Å². The van der Waals surface area contributed by atoms with Crippen LogP contribution in [0.2, 0.25) is 11.1 Å². The lowest BCUT2D eigenvalue weighted by molar-refractivity contribution is 0.171. The van der Waals surface area contributed by atoms with Crippen molar-refractivity contribution in [3.63, 3.8) is 0 Å². The Bertz CT molecular complexity index is 280. The molecular weight excluding hydrogens is 224 g/mol. The largest absolute Gasteiger partial charge is 0.406 e. The van der Waals surface area contributed by atoms with Gasteiger partial charge >= 0.3 is 0 Å². The van der Waals surface area contributed by atoms with Gasteiger partial charge in [0.1, 0.15) is 6.10 Å². The Hall–Kier alpha value is -0.523. The van der Waals surface area contributed by atoms with Crippen LogP contribution in [-0.2, 0) is 4.43 Å². The summed E-state index contributed by atoms with van der Waals surface area (Å²) in [7, 11) is -1.19. The molecule has 1 nitrogen and oxygen atoms in total. The van der Waals surface area contributed by atoms with Gasteiger partial charge in [-0.05, 0) is 36.3 Å². The van der Waals surface area contributed by atoms with Gasteiger partial charge in [0.2, 0.25) is 0 Å². The monoisotopic (exact) mass is 250 g/mol. The first-order valence-electron chi connectivity index (χ1n) is 6.82. The van der Waals surface area contributed by atoms with Crippen LogP contribution in [0.1, 0.15) is 47.0 Å². The van der Waals surface area contributed by atoms with Crippen LogP contribution in [0, 0.1) is 18.3 Å². The summed E-state index contributed by atoms with van der Waals surface area (Å²) in [4.78, 5) is 0. The number of allylic oxidation sites excluding steroid dienone is 2. The molecule has 2 atom stereocenters. The highest BCUT2D eigenvalue weighted by Gasteiger charge is 2.28. The predicted octanol–water partition coefficient (Wildman–Crippen LogP) is 3.90. The van der Waals surface area contributed by atoms with Gasteiger partial charge in [-0.25, -0.2) is 0 Å². The van der Waals surface area contributed by atoms with Crippen molar-refractivity contribution in [2.45, 2.75) is 64.1 Å². The van der Waals surface area contributed by atoms with Crippen molar-refractivity contribution in [2.75, 3.05) is 0 Å². The minimum atomic E-state index is -1.19. The van der Waals surface area contributed by atoms with Crippen LogP contribution >= 0.6 is 0 Å². The van der Waals surface area contributed by atoms with Crippen LogP contribution in [0.25, 0.3) is 0 Å². The van der Waals surface area contributed by atoms with E-state index < -0.39 is 9.04 Å². The molecule has 0 aromatic heterocycles. The normalized spacial score (nSPS) is 22.1. The minimum absolute atomic E-state index is 0.0430. The van der Waals surface area contributed by atoms with Crippen LogP contribution in [0.5, 0.6) is 0 Å². The maximum absolute atomic E-state index is 6.33. The molecule has 17 heavy (non-hydrogen) atoms.